The van der Waals surface area contributed by atoms with E-state index in [4.69, 9.17) is 5.11 Å². The molecule has 1 aromatic carbocycles. The fraction of sp³-hybridized carbons (Fsp3) is 0.250. The average Bonchev–Trinajstić information content (AvgIpc) is 2.82. The average molecular weight is 263 g/mol. The highest BCUT2D eigenvalue weighted by molar-refractivity contribution is 5.97. The number of carboxylic acid groups (broad SMARTS) is 1. The molecule has 1 atom stereocenters. The number of carbonyl (C=O) groups is 2. The predicted molar refractivity (Wildman–Crippen MR) is 66.7 cm³/mol. The van der Waals surface area contributed by atoms with E-state index in [1.165, 1.54) is 6.33 Å². The SMILES string of the molecule is CC(O)(CNC(=O)c1ccc2nc[nH]c2c1)C(=O)O. The number of benzene rings is 1. The molecule has 2 aromatic rings. The standard InChI is InChI=1S/C12H13N3O4/c1-12(19,11(17)18)5-13-10(16)7-2-3-8-9(4-7)15-6-14-8/h2-4,6,19H,5H2,1H3,(H,13,16)(H,14,15)(H,17,18). The maximum absolute atomic E-state index is 11.8. The minimum absolute atomic E-state index is 0.359. The maximum atomic E-state index is 11.8. The zero-order valence-corrected chi connectivity index (χ0v) is 10.2. The zero-order valence-electron chi connectivity index (χ0n) is 10.2. The Kier molecular flexibility index (Phi) is 3.22. The Morgan fingerprint density at radius 2 is 2.21 bits per heavy atom. The lowest BCUT2D eigenvalue weighted by Crippen LogP contribution is -2.46. The first kappa shape index (κ1) is 13.0. The molecule has 0 aliphatic rings. The van der Waals surface area contributed by atoms with Gasteiger partial charge in [0.25, 0.3) is 5.91 Å². The lowest BCUT2D eigenvalue weighted by Gasteiger charge is -2.18. The first-order valence-corrected chi connectivity index (χ1v) is 5.57. The molecule has 0 saturated heterocycles. The van der Waals surface area contributed by atoms with Gasteiger partial charge in [-0.3, -0.25) is 4.79 Å². The van der Waals surface area contributed by atoms with Gasteiger partial charge in [-0.25, -0.2) is 9.78 Å². The Morgan fingerprint density at radius 3 is 2.89 bits per heavy atom. The monoisotopic (exact) mass is 263 g/mol. The topological polar surface area (TPSA) is 115 Å². The highest BCUT2D eigenvalue weighted by Gasteiger charge is 2.30. The second kappa shape index (κ2) is 4.69. The Hall–Kier alpha value is -2.41. The molecule has 7 nitrogen and oxygen atoms in total. The summed E-state index contributed by atoms with van der Waals surface area (Å²) in [6, 6.07) is 4.86. The summed E-state index contributed by atoms with van der Waals surface area (Å²) in [5.74, 6) is -1.85. The van der Waals surface area contributed by atoms with E-state index in [1.807, 2.05) is 0 Å². The number of H-pyrrole nitrogens is 1. The normalized spacial score (nSPS) is 14.0. The number of nitrogens with zero attached hydrogens (tertiary/aromatic N) is 1. The summed E-state index contributed by atoms with van der Waals surface area (Å²) >= 11 is 0. The third-order valence-corrected chi connectivity index (χ3v) is 2.74. The molecule has 1 unspecified atom stereocenters. The van der Waals surface area contributed by atoms with Crippen LogP contribution in [0.4, 0.5) is 0 Å². The molecule has 100 valence electrons. The van der Waals surface area contributed by atoms with Crippen LogP contribution in [0.1, 0.15) is 17.3 Å². The van der Waals surface area contributed by atoms with Crippen LogP contribution < -0.4 is 5.32 Å². The summed E-state index contributed by atoms with van der Waals surface area (Å²) in [6.45, 7) is 0.746. The molecule has 0 radical (unpaired) electrons. The van der Waals surface area contributed by atoms with E-state index in [9.17, 15) is 14.7 Å². The smallest absolute Gasteiger partial charge is 0.337 e. The van der Waals surface area contributed by atoms with Crippen molar-refractivity contribution in [2.75, 3.05) is 6.54 Å². The summed E-state index contributed by atoms with van der Waals surface area (Å²) in [7, 11) is 0. The zero-order chi connectivity index (χ0) is 14.0. The van der Waals surface area contributed by atoms with Gasteiger partial charge in [-0.05, 0) is 25.1 Å². The lowest BCUT2D eigenvalue weighted by molar-refractivity contribution is -0.155. The minimum atomic E-state index is -1.99. The molecule has 1 aromatic heterocycles. The van der Waals surface area contributed by atoms with Gasteiger partial charge < -0.3 is 20.5 Å². The summed E-state index contributed by atoms with van der Waals surface area (Å²) in [4.78, 5) is 29.4. The van der Waals surface area contributed by atoms with Crippen molar-refractivity contribution in [2.45, 2.75) is 12.5 Å². The van der Waals surface area contributed by atoms with Crippen molar-refractivity contribution in [1.29, 1.82) is 0 Å². The second-order valence-corrected chi connectivity index (χ2v) is 4.40. The Labute approximate surface area is 108 Å². The van der Waals surface area contributed by atoms with Crippen LogP contribution in [0.25, 0.3) is 11.0 Å². The number of aromatic amines is 1. The van der Waals surface area contributed by atoms with Crippen LogP contribution in [0.2, 0.25) is 0 Å². The molecule has 0 bridgehead atoms. The first-order valence-electron chi connectivity index (χ1n) is 5.57. The molecular weight excluding hydrogens is 250 g/mol. The highest BCUT2D eigenvalue weighted by atomic mass is 16.4. The molecule has 2 rings (SSSR count). The van der Waals surface area contributed by atoms with Gasteiger partial charge in [0.2, 0.25) is 0 Å². The Bertz CT molecular complexity index is 633. The summed E-state index contributed by atoms with van der Waals surface area (Å²) in [5.41, 5.74) is -0.196. The van der Waals surface area contributed by atoms with Crippen molar-refractivity contribution in [1.82, 2.24) is 15.3 Å². The third kappa shape index (κ3) is 2.71. The van der Waals surface area contributed by atoms with Crippen molar-refractivity contribution in [2.24, 2.45) is 0 Å². The van der Waals surface area contributed by atoms with Gasteiger partial charge in [-0.2, -0.15) is 0 Å². The van der Waals surface area contributed by atoms with E-state index >= 15 is 0 Å². The number of aliphatic hydroxyl groups is 1. The van der Waals surface area contributed by atoms with Gasteiger partial charge in [0, 0.05) is 5.56 Å². The predicted octanol–water partition coefficient (Wildman–Crippen LogP) is 0.128. The van der Waals surface area contributed by atoms with Crippen LogP contribution in [0.5, 0.6) is 0 Å². The number of carboxylic acids is 1. The van der Waals surface area contributed by atoms with Gasteiger partial charge in [0.15, 0.2) is 5.60 Å². The molecule has 1 heterocycles. The fourth-order valence-corrected chi connectivity index (χ4v) is 1.51. The van der Waals surface area contributed by atoms with Gasteiger partial charge in [-0.1, -0.05) is 0 Å². The number of nitrogens with one attached hydrogen (secondary N) is 2. The number of carbonyl (C=O) groups excluding carboxylic acids is 1. The van der Waals surface area contributed by atoms with Crippen molar-refractivity contribution < 1.29 is 19.8 Å². The van der Waals surface area contributed by atoms with Gasteiger partial charge in [0.1, 0.15) is 0 Å². The number of hydrogen-bond donors (Lipinski definition) is 4. The first-order chi connectivity index (χ1) is 8.90. The van der Waals surface area contributed by atoms with Crippen LogP contribution in [0.15, 0.2) is 24.5 Å². The summed E-state index contributed by atoms with van der Waals surface area (Å²) in [5, 5.41) is 20.6. The van der Waals surface area contributed by atoms with E-state index in [0.29, 0.717) is 11.1 Å². The number of fused-ring (bicyclic) bond motifs is 1. The van der Waals surface area contributed by atoms with Crippen LogP contribution >= 0.6 is 0 Å². The molecular formula is C12H13N3O4. The molecule has 0 fully saturated rings. The number of rotatable bonds is 4. The number of aromatic nitrogens is 2. The van der Waals surface area contributed by atoms with Crippen LogP contribution in [-0.2, 0) is 4.79 Å². The van der Waals surface area contributed by atoms with Crippen LogP contribution in [0.3, 0.4) is 0 Å². The number of hydrogen-bond acceptors (Lipinski definition) is 4. The van der Waals surface area contributed by atoms with Crippen molar-refractivity contribution >= 4 is 22.9 Å². The lowest BCUT2D eigenvalue weighted by atomic mass is 10.1. The molecule has 1 amide bonds. The Balaban J connectivity index is 2.09. The molecule has 0 spiro atoms. The summed E-state index contributed by atoms with van der Waals surface area (Å²) in [6.07, 6.45) is 1.52. The number of amides is 1. The number of imidazole rings is 1. The second-order valence-electron chi connectivity index (χ2n) is 4.40. The molecule has 0 aliphatic carbocycles. The largest absolute Gasteiger partial charge is 0.479 e. The fourth-order valence-electron chi connectivity index (χ4n) is 1.51. The van der Waals surface area contributed by atoms with E-state index in [0.717, 1.165) is 12.4 Å². The third-order valence-electron chi connectivity index (χ3n) is 2.74. The van der Waals surface area contributed by atoms with Crippen molar-refractivity contribution in [3.63, 3.8) is 0 Å². The van der Waals surface area contributed by atoms with Gasteiger partial charge in [-0.15, -0.1) is 0 Å². The van der Waals surface area contributed by atoms with Crippen LogP contribution in [-0.4, -0.2) is 44.2 Å². The molecule has 19 heavy (non-hydrogen) atoms. The number of aliphatic carboxylic acids is 1. The Morgan fingerprint density at radius 1 is 1.47 bits per heavy atom. The van der Waals surface area contributed by atoms with E-state index < -0.39 is 17.5 Å². The maximum Gasteiger partial charge on any atom is 0.337 e. The van der Waals surface area contributed by atoms with Gasteiger partial charge in [0.05, 0.1) is 23.9 Å². The molecule has 7 heteroatoms. The molecule has 0 aliphatic heterocycles. The minimum Gasteiger partial charge on any atom is -0.479 e. The van der Waals surface area contributed by atoms with Crippen molar-refractivity contribution in [3.05, 3.63) is 30.1 Å². The molecule has 0 saturated carbocycles. The quantitative estimate of drug-likeness (QED) is 0.625. The van der Waals surface area contributed by atoms with Crippen molar-refractivity contribution in [3.8, 4) is 0 Å². The molecule has 4 N–H and O–H groups in total. The van der Waals surface area contributed by atoms with Crippen LogP contribution in [0, 0.1) is 0 Å². The van der Waals surface area contributed by atoms with E-state index in [2.05, 4.69) is 15.3 Å². The highest BCUT2D eigenvalue weighted by Crippen LogP contribution is 2.11. The van der Waals surface area contributed by atoms with E-state index in [1.54, 1.807) is 18.2 Å². The van der Waals surface area contributed by atoms with Gasteiger partial charge >= 0.3 is 5.97 Å². The van der Waals surface area contributed by atoms with E-state index in [-0.39, 0.29) is 6.54 Å². The summed E-state index contributed by atoms with van der Waals surface area (Å²) < 4.78 is 0.